The van der Waals surface area contributed by atoms with Crippen LogP contribution in [0.1, 0.15) is 37.9 Å². The number of nitrogens with zero attached hydrogens (tertiary/aromatic N) is 1. The summed E-state index contributed by atoms with van der Waals surface area (Å²) in [5.41, 5.74) is 0.863. The van der Waals surface area contributed by atoms with Crippen LogP contribution in [0.2, 0.25) is 5.02 Å². The highest BCUT2D eigenvalue weighted by atomic mass is 35.5. The number of piperidine rings is 1. The van der Waals surface area contributed by atoms with Crippen LogP contribution in [0.3, 0.4) is 0 Å². The fourth-order valence-corrected chi connectivity index (χ4v) is 2.99. The number of hydrogen-bond donors (Lipinski definition) is 2. The molecule has 0 radical (unpaired) electrons. The van der Waals surface area contributed by atoms with Crippen molar-refractivity contribution in [3.05, 3.63) is 34.9 Å². The molecule has 1 aliphatic rings. The lowest BCUT2D eigenvalue weighted by molar-refractivity contribution is -0.126. The van der Waals surface area contributed by atoms with Gasteiger partial charge < -0.3 is 10.4 Å². The summed E-state index contributed by atoms with van der Waals surface area (Å²) in [6, 6.07) is 7.28. The number of benzene rings is 1. The quantitative estimate of drug-likeness (QED) is 0.845. The van der Waals surface area contributed by atoms with Gasteiger partial charge >= 0.3 is 0 Å². The van der Waals surface area contributed by atoms with Gasteiger partial charge in [-0.1, -0.05) is 30.7 Å². The Morgan fingerprint density at radius 1 is 1.45 bits per heavy atom. The number of carbonyl (C=O) groups is 1. The summed E-state index contributed by atoms with van der Waals surface area (Å²) < 4.78 is 0. The van der Waals surface area contributed by atoms with Gasteiger partial charge in [0.1, 0.15) is 0 Å². The number of carbonyl (C=O) groups excluding carboxylic acids is 1. The van der Waals surface area contributed by atoms with E-state index in [1.807, 2.05) is 12.1 Å². The first-order valence-electron chi connectivity index (χ1n) is 8.03. The Balaban J connectivity index is 1.86. The van der Waals surface area contributed by atoms with Crippen LogP contribution in [-0.2, 0) is 4.79 Å². The van der Waals surface area contributed by atoms with E-state index in [1.54, 1.807) is 12.1 Å². The molecule has 122 valence electrons. The standard InChI is InChI=1S/C17H25ClN2O2/c1-2-9-19-17(22)14-4-3-10-20(11-14)12-16(21)13-5-7-15(18)8-6-13/h5-8,14,16,21H,2-4,9-12H2,1H3,(H,19,22)/t14-,16-/m0/s1. The van der Waals surface area contributed by atoms with Crippen LogP contribution in [0, 0.1) is 5.92 Å². The second kappa shape index (κ2) is 8.51. The topological polar surface area (TPSA) is 52.6 Å². The Hall–Kier alpha value is -1.10. The fourth-order valence-electron chi connectivity index (χ4n) is 2.86. The Labute approximate surface area is 137 Å². The second-order valence-electron chi connectivity index (χ2n) is 5.96. The molecule has 2 rings (SSSR count). The van der Waals surface area contributed by atoms with E-state index >= 15 is 0 Å². The van der Waals surface area contributed by atoms with E-state index in [9.17, 15) is 9.90 Å². The van der Waals surface area contributed by atoms with Gasteiger partial charge in [0, 0.05) is 24.7 Å². The van der Waals surface area contributed by atoms with Gasteiger partial charge in [0.2, 0.25) is 5.91 Å². The molecular formula is C17H25ClN2O2. The summed E-state index contributed by atoms with van der Waals surface area (Å²) in [5, 5.41) is 14.0. The lowest BCUT2D eigenvalue weighted by atomic mass is 9.96. The van der Waals surface area contributed by atoms with Crippen molar-refractivity contribution in [2.24, 2.45) is 5.92 Å². The molecule has 1 heterocycles. The molecule has 0 aliphatic carbocycles. The molecule has 1 amide bonds. The third kappa shape index (κ3) is 4.97. The average Bonchev–Trinajstić information content (AvgIpc) is 2.53. The van der Waals surface area contributed by atoms with Crippen LogP contribution in [0.4, 0.5) is 0 Å². The van der Waals surface area contributed by atoms with Crippen LogP contribution < -0.4 is 5.32 Å². The number of aliphatic hydroxyl groups is 1. The lowest BCUT2D eigenvalue weighted by Gasteiger charge is -2.33. The third-order valence-electron chi connectivity index (χ3n) is 4.11. The predicted molar refractivity (Wildman–Crippen MR) is 88.9 cm³/mol. The molecule has 0 spiro atoms. The van der Waals surface area contributed by atoms with E-state index in [0.717, 1.165) is 44.5 Å². The largest absolute Gasteiger partial charge is 0.387 e. The monoisotopic (exact) mass is 324 g/mol. The minimum absolute atomic E-state index is 0.0396. The van der Waals surface area contributed by atoms with Gasteiger partial charge in [0.05, 0.1) is 12.0 Å². The molecule has 0 saturated carbocycles. The lowest BCUT2D eigenvalue weighted by Crippen LogP contribution is -2.44. The zero-order chi connectivity index (χ0) is 15.9. The van der Waals surface area contributed by atoms with Crippen molar-refractivity contribution in [3.8, 4) is 0 Å². The first-order valence-corrected chi connectivity index (χ1v) is 8.41. The summed E-state index contributed by atoms with van der Waals surface area (Å²) in [6.45, 7) is 5.00. The molecule has 1 aliphatic heterocycles. The number of β-amino-alcohol motifs (C(OH)–C–C–N with tert-alkyl or cyclic N) is 1. The van der Waals surface area contributed by atoms with Crippen LogP contribution in [0.15, 0.2) is 24.3 Å². The van der Waals surface area contributed by atoms with Gasteiger partial charge in [-0.25, -0.2) is 0 Å². The number of halogens is 1. The van der Waals surface area contributed by atoms with Crippen molar-refractivity contribution >= 4 is 17.5 Å². The molecule has 0 bridgehead atoms. The summed E-state index contributed by atoms with van der Waals surface area (Å²) in [4.78, 5) is 14.3. The van der Waals surface area contributed by atoms with Crippen LogP contribution in [-0.4, -0.2) is 42.1 Å². The fraction of sp³-hybridized carbons (Fsp3) is 0.588. The molecule has 0 aromatic heterocycles. The molecule has 4 nitrogen and oxygen atoms in total. The van der Waals surface area contributed by atoms with Gasteiger partial charge in [0.25, 0.3) is 0 Å². The zero-order valence-corrected chi connectivity index (χ0v) is 13.9. The van der Waals surface area contributed by atoms with E-state index in [-0.39, 0.29) is 11.8 Å². The van der Waals surface area contributed by atoms with Crippen LogP contribution in [0.25, 0.3) is 0 Å². The molecule has 1 fully saturated rings. The highest BCUT2D eigenvalue weighted by Crippen LogP contribution is 2.21. The smallest absolute Gasteiger partial charge is 0.224 e. The van der Waals surface area contributed by atoms with E-state index in [2.05, 4.69) is 17.1 Å². The number of hydrogen-bond acceptors (Lipinski definition) is 3. The molecule has 2 N–H and O–H groups in total. The predicted octanol–water partition coefficient (Wildman–Crippen LogP) is 2.61. The molecule has 0 unspecified atom stereocenters. The first-order chi connectivity index (χ1) is 10.6. The maximum absolute atomic E-state index is 12.1. The van der Waals surface area contributed by atoms with Gasteiger partial charge in [-0.2, -0.15) is 0 Å². The van der Waals surface area contributed by atoms with E-state index in [0.29, 0.717) is 11.6 Å². The summed E-state index contributed by atoms with van der Waals surface area (Å²) in [5.74, 6) is 0.185. The number of rotatable bonds is 6. The minimum Gasteiger partial charge on any atom is -0.387 e. The summed E-state index contributed by atoms with van der Waals surface area (Å²) in [7, 11) is 0. The minimum atomic E-state index is -0.547. The van der Waals surface area contributed by atoms with Crippen molar-refractivity contribution in [2.45, 2.75) is 32.3 Å². The van der Waals surface area contributed by atoms with E-state index in [1.165, 1.54) is 0 Å². The van der Waals surface area contributed by atoms with Crippen molar-refractivity contribution in [1.29, 1.82) is 0 Å². The number of likely N-dealkylation sites (tertiary alicyclic amines) is 1. The van der Waals surface area contributed by atoms with Crippen molar-refractivity contribution in [1.82, 2.24) is 10.2 Å². The average molecular weight is 325 g/mol. The number of amides is 1. The summed E-state index contributed by atoms with van der Waals surface area (Å²) >= 11 is 5.87. The van der Waals surface area contributed by atoms with Gasteiger partial charge in [0.15, 0.2) is 0 Å². The Bertz CT molecular complexity index is 478. The highest BCUT2D eigenvalue weighted by Gasteiger charge is 2.26. The molecule has 22 heavy (non-hydrogen) atoms. The molecule has 2 atom stereocenters. The van der Waals surface area contributed by atoms with Crippen molar-refractivity contribution < 1.29 is 9.90 Å². The highest BCUT2D eigenvalue weighted by molar-refractivity contribution is 6.30. The van der Waals surface area contributed by atoms with Gasteiger partial charge in [-0.15, -0.1) is 0 Å². The maximum atomic E-state index is 12.1. The van der Waals surface area contributed by atoms with Crippen molar-refractivity contribution in [3.63, 3.8) is 0 Å². The molecule has 5 heteroatoms. The first kappa shape index (κ1) is 17.3. The molecule has 1 saturated heterocycles. The Morgan fingerprint density at radius 3 is 2.86 bits per heavy atom. The molecule has 1 aromatic rings. The maximum Gasteiger partial charge on any atom is 0.224 e. The molecule has 1 aromatic carbocycles. The second-order valence-corrected chi connectivity index (χ2v) is 6.39. The Morgan fingerprint density at radius 2 is 2.18 bits per heavy atom. The van der Waals surface area contributed by atoms with Crippen LogP contribution in [0.5, 0.6) is 0 Å². The summed E-state index contributed by atoms with van der Waals surface area (Å²) in [6.07, 6.45) is 2.34. The third-order valence-corrected chi connectivity index (χ3v) is 4.36. The van der Waals surface area contributed by atoms with Gasteiger partial charge in [-0.3, -0.25) is 9.69 Å². The normalized spacial score (nSPS) is 20.6. The van der Waals surface area contributed by atoms with Crippen molar-refractivity contribution in [2.75, 3.05) is 26.2 Å². The molecular weight excluding hydrogens is 300 g/mol. The number of nitrogens with one attached hydrogen (secondary N) is 1. The Kier molecular flexibility index (Phi) is 6.68. The van der Waals surface area contributed by atoms with Gasteiger partial charge in [-0.05, 0) is 43.5 Å². The van der Waals surface area contributed by atoms with E-state index in [4.69, 9.17) is 11.6 Å². The van der Waals surface area contributed by atoms with E-state index < -0.39 is 6.10 Å². The zero-order valence-electron chi connectivity index (χ0n) is 13.1. The SMILES string of the molecule is CCCNC(=O)[C@H]1CCCN(C[C@H](O)c2ccc(Cl)cc2)C1. The van der Waals surface area contributed by atoms with Crippen LogP contribution >= 0.6 is 11.6 Å². The number of aliphatic hydroxyl groups excluding tert-OH is 1.